The first-order valence-electron chi connectivity index (χ1n) is 7.11. The monoisotopic (exact) mass is 322 g/mol. The lowest BCUT2D eigenvalue weighted by Gasteiger charge is -2.32. The van der Waals surface area contributed by atoms with Gasteiger partial charge in [0.1, 0.15) is 6.04 Å². The minimum atomic E-state index is -3.69. The topological polar surface area (TPSA) is 86.7 Å². The van der Waals surface area contributed by atoms with Crippen LogP contribution in [0.15, 0.2) is 0 Å². The zero-order chi connectivity index (χ0) is 14.6. The smallest absolute Gasteiger partial charge is 0.322 e. The number of aliphatic carboxylic acids is 1. The maximum atomic E-state index is 12.3. The molecular weight excluding hydrogens is 300 g/mol. The van der Waals surface area contributed by atoms with E-state index in [4.69, 9.17) is 5.11 Å². The number of nitrogens with one attached hydrogen (secondary N) is 1. The van der Waals surface area contributed by atoms with Crippen LogP contribution in [-0.2, 0) is 15.0 Å². The molecule has 0 spiro atoms. The van der Waals surface area contributed by atoms with Gasteiger partial charge in [-0.2, -0.15) is 24.5 Å². The third-order valence-electron chi connectivity index (χ3n) is 3.81. The highest BCUT2D eigenvalue weighted by Gasteiger charge is 2.36. The van der Waals surface area contributed by atoms with Crippen molar-refractivity contribution < 1.29 is 18.3 Å². The normalized spacial score (nSPS) is 29.2. The molecule has 0 saturated carbocycles. The molecule has 2 atom stereocenters. The van der Waals surface area contributed by atoms with Crippen molar-refractivity contribution >= 4 is 27.9 Å². The molecule has 2 unspecified atom stereocenters. The molecule has 116 valence electrons. The van der Waals surface area contributed by atoms with Gasteiger partial charge in [-0.3, -0.25) is 4.79 Å². The Labute approximate surface area is 124 Å². The van der Waals surface area contributed by atoms with Crippen molar-refractivity contribution in [1.82, 2.24) is 9.03 Å². The Kier molecular flexibility index (Phi) is 5.71. The van der Waals surface area contributed by atoms with E-state index in [1.807, 2.05) is 0 Å². The molecule has 0 amide bonds. The first-order chi connectivity index (χ1) is 9.50. The fourth-order valence-electron chi connectivity index (χ4n) is 2.69. The van der Waals surface area contributed by atoms with Crippen LogP contribution in [0.4, 0.5) is 0 Å². The van der Waals surface area contributed by atoms with Crippen LogP contribution in [0.2, 0.25) is 0 Å². The summed E-state index contributed by atoms with van der Waals surface area (Å²) >= 11 is 1.80. The summed E-state index contributed by atoms with van der Waals surface area (Å²) in [5.74, 6) is 0.0236. The number of carboxylic acids is 1. The number of hydrogen-bond donors (Lipinski definition) is 2. The minimum absolute atomic E-state index is 0.296. The van der Waals surface area contributed by atoms with Gasteiger partial charge in [0.15, 0.2) is 0 Å². The van der Waals surface area contributed by atoms with Crippen LogP contribution in [0.3, 0.4) is 0 Å². The first-order valence-corrected chi connectivity index (χ1v) is 9.60. The highest BCUT2D eigenvalue weighted by atomic mass is 32.2. The van der Waals surface area contributed by atoms with Crippen LogP contribution >= 0.6 is 11.8 Å². The Morgan fingerprint density at radius 3 is 2.65 bits per heavy atom. The summed E-state index contributed by atoms with van der Waals surface area (Å²) in [6.45, 7) is 0.694. The second kappa shape index (κ2) is 7.11. The summed E-state index contributed by atoms with van der Waals surface area (Å²) in [6, 6.07) is -0.916. The van der Waals surface area contributed by atoms with Crippen molar-refractivity contribution in [2.24, 2.45) is 0 Å². The van der Waals surface area contributed by atoms with Crippen molar-refractivity contribution in [2.75, 3.05) is 18.8 Å². The van der Waals surface area contributed by atoms with E-state index >= 15 is 0 Å². The second-order valence-electron chi connectivity index (χ2n) is 5.30. The molecule has 0 aromatic carbocycles. The molecule has 0 aromatic heterocycles. The molecular formula is C12H22N2O4S2. The number of piperidine rings is 1. The van der Waals surface area contributed by atoms with Crippen LogP contribution in [0.1, 0.15) is 38.5 Å². The van der Waals surface area contributed by atoms with Crippen molar-refractivity contribution in [2.45, 2.75) is 49.8 Å². The third kappa shape index (κ3) is 4.09. The lowest BCUT2D eigenvalue weighted by Crippen LogP contribution is -2.53. The average Bonchev–Trinajstić information content (AvgIpc) is 2.46. The molecule has 0 aromatic rings. The van der Waals surface area contributed by atoms with Crippen molar-refractivity contribution in [1.29, 1.82) is 0 Å². The molecule has 0 bridgehead atoms. The highest BCUT2D eigenvalue weighted by molar-refractivity contribution is 8.00. The second-order valence-corrected chi connectivity index (χ2v) is 8.42. The van der Waals surface area contributed by atoms with Gasteiger partial charge in [0.25, 0.3) is 10.2 Å². The summed E-state index contributed by atoms with van der Waals surface area (Å²) in [5.41, 5.74) is 0. The minimum Gasteiger partial charge on any atom is -0.480 e. The third-order valence-corrected chi connectivity index (χ3v) is 6.80. The SMILES string of the molecule is O=C(O)C1CCCCN1S(=O)(=O)NCC1CCCCS1. The molecule has 2 heterocycles. The molecule has 2 N–H and O–H groups in total. The maximum Gasteiger partial charge on any atom is 0.322 e. The number of rotatable bonds is 5. The Morgan fingerprint density at radius 1 is 1.25 bits per heavy atom. The molecule has 0 aliphatic carbocycles. The van der Waals surface area contributed by atoms with E-state index in [-0.39, 0.29) is 0 Å². The Bertz CT molecular complexity index is 435. The fourth-order valence-corrected chi connectivity index (χ4v) is 5.51. The van der Waals surface area contributed by atoms with E-state index in [1.54, 1.807) is 11.8 Å². The van der Waals surface area contributed by atoms with Gasteiger partial charge in [0, 0.05) is 18.3 Å². The summed E-state index contributed by atoms with van der Waals surface area (Å²) in [4.78, 5) is 11.2. The van der Waals surface area contributed by atoms with Gasteiger partial charge in [-0.25, -0.2) is 4.72 Å². The van der Waals surface area contributed by atoms with Crippen molar-refractivity contribution in [3.05, 3.63) is 0 Å². The summed E-state index contributed by atoms with van der Waals surface area (Å²) in [7, 11) is -3.69. The average molecular weight is 322 g/mol. The highest BCUT2D eigenvalue weighted by Crippen LogP contribution is 2.25. The largest absolute Gasteiger partial charge is 0.480 e. The van der Waals surface area contributed by atoms with Gasteiger partial charge >= 0.3 is 5.97 Å². The number of nitrogens with zero attached hydrogens (tertiary/aromatic N) is 1. The van der Waals surface area contributed by atoms with E-state index in [0.717, 1.165) is 35.7 Å². The van der Waals surface area contributed by atoms with Gasteiger partial charge in [-0.05, 0) is 37.9 Å². The van der Waals surface area contributed by atoms with E-state index in [1.165, 1.54) is 6.42 Å². The molecule has 6 nitrogen and oxygen atoms in total. The predicted octanol–water partition coefficient (Wildman–Crippen LogP) is 1.05. The molecule has 2 aliphatic rings. The van der Waals surface area contributed by atoms with Gasteiger partial charge < -0.3 is 5.11 Å². The van der Waals surface area contributed by atoms with Crippen molar-refractivity contribution in [3.63, 3.8) is 0 Å². The summed E-state index contributed by atoms with van der Waals surface area (Å²) in [5, 5.41) is 9.46. The van der Waals surface area contributed by atoms with Gasteiger partial charge in [-0.1, -0.05) is 6.42 Å². The van der Waals surface area contributed by atoms with Crippen LogP contribution in [-0.4, -0.2) is 53.9 Å². The quantitative estimate of drug-likeness (QED) is 0.790. The van der Waals surface area contributed by atoms with E-state index in [9.17, 15) is 13.2 Å². The zero-order valence-corrected chi connectivity index (χ0v) is 13.1. The first kappa shape index (κ1) is 16.1. The van der Waals surface area contributed by atoms with Crippen LogP contribution in [0.5, 0.6) is 0 Å². The zero-order valence-electron chi connectivity index (χ0n) is 11.5. The van der Waals surface area contributed by atoms with E-state index < -0.39 is 22.2 Å². The van der Waals surface area contributed by atoms with Crippen LogP contribution < -0.4 is 4.72 Å². The van der Waals surface area contributed by atoms with Crippen molar-refractivity contribution in [3.8, 4) is 0 Å². The fraction of sp³-hybridized carbons (Fsp3) is 0.917. The Hall–Kier alpha value is -0.310. The number of hydrogen-bond acceptors (Lipinski definition) is 4. The lowest BCUT2D eigenvalue weighted by molar-refractivity contribution is -0.142. The molecule has 2 rings (SSSR count). The van der Waals surface area contributed by atoms with Gasteiger partial charge in [0.05, 0.1) is 0 Å². The Morgan fingerprint density at radius 2 is 2.00 bits per heavy atom. The standard InChI is InChI=1S/C12H22N2O4S2/c15-12(16)11-6-1-3-7-14(11)20(17,18)13-9-10-5-2-4-8-19-10/h10-11,13H,1-9H2,(H,15,16). The van der Waals surface area contributed by atoms with Crippen LogP contribution in [0.25, 0.3) is 0 Å². The lowest BCUT2D eigenvalue weighted by atomic mass is 10.1. The number of carboxylic acid groups (broad SMARTS) is 1. The molecule has 8 heteroatoms. The summed E-state index contributed by atoms with van der Waals surface area (Å²) < 4.78 is 28.3. The number of thioether (sulfide) groups is 1. The molecule has 2 saturated heterocycles. The van der Waals surface area contributed by atoms with Crippen LogP contribution in [0, 0.1) is 0 Å². The number of carbonyl (C=O) groups is 1. The Balaban J connectivity index is 1.95. The van der Waals surface area contributed by atoms with Gasteiger partial charge in [0.2, 0.25) is 0 Å². The molecule has 0 radical (unpaired) electrons. The molecule has 20 heavy (non-hydrogen) atoms. The molecule has 2 fully saturated rings. The summed E-state index contributed by atoms with van der Waals surface area (Å²) in [6.07, 6.45) is 5.25. The van der Waals surface area contributed by atoms with Gasteiger partial charge in [-0.15, -0.1) is 0 Å². The van der Waals surface area contributed by atoms with E-state index in [2.05, 4.69) is 4.72 Å². The van der Waals surface area contributed by atoms with E-state index in [0.29, 0.717) is 24.8 Å². The molecule has 2 aliphatic heterocycles. The maximum absolute atomic E-state index is 12.3. The predicted molar refractivity (Wildman–Crippen MR) is 79.0 cm³/mol.